The van der Waals surface area contributed by atoms with Crippen molar-refractivity contribution in [2.45, 2.75) is 3.93 Å². The zero-order valence-corrected chi connectivity index (χ0v) is 12.6. The van der Waals surface area contributed by atoms with Crippen LogP contribution in [0.2, 0.25) is 3.93 Å². The first-order chi connectivity index (χ1) is 5.43. The summed E-state index contributed by atoms with van der Waals surface area (Å²) < 4.78 is 1.16. The second kappa shape index (κ2) is 5.79. The van der Waals surface area contributed by atoms with E-state index < -0.39 is 23.3 Å². The van der Waals surface area contributed by atoms with E-state index in [2.05, 4.69) is 24.3 Å². The van der Waals surface area contributed by atoms with E-state index in [4.69, 9.17) is 8.25 Å². The zero-order valence-electron chi connectivity index (χ0n) is 6.33. The van der Waals surface area contributed by atoms with Gasteiger partial charge in [0.05, 0.1) is 0 Å². The topological polar surface area (TPSA) is 0 Å². The maximum absolute atomic E-state index is 5.74. The SMILES string of the molecule is [Cl][Hg][CH2]C=Cc1ccccc1. The van der Waals surface area contributed by atoms with E-state index in [-0.39, 0.29) is 0 Å². The molecule has 0 aliphatic carbocycles. The molecule has 1 rings (SSSR count). The van der Waals surface area contributed by atoms with Crippen molar-refractivity contribution >= 4 is 14.3 Å². The molecule has 0 unspecified atom stereocenters. The molecule has 0 aromatic heterocycles. The van der Waals surface area contributed by atoms with Crippen molar-refractivity contribution in [2.24, 2.45) is 0 Å². The molecule has 2 heteroatoms. The molecule has 0 radical (unpaired) electrons. The Morgan fingerprint density at radius 2 is 2.00 bits per heavy atom. The van der Waals surface area contributed by atoms with Gasteiger partial charge in [0.15, 0.2) is 0 Å². The van der Waals surface area contributed by atoms with Crippen LogP contribution < -0.4 is 0 Å². The first kappa shape index (κ1) is 9.27. The molecule has 0 saturated carbocycles. The predicted molar refractivity (Wildman–Crippen MR) is 46.1 cm³/mol. The summed E-state index contributed by atoms with van der Waals surface area (Å²) in [7, 11) is 5.74. The second-order valence-electron chi connectivity index (χ2n) is 2.29. The quantitative estimate of drug-likeness (QED) is 0.731. The van der Waals surface area contributed by atoms with Crippen molar-refractivity contribution in [1.29, 1.82) is 0 Å². The summed E-state index contributed by atoms with van der Waals surface area (Å²) in [4.78, 5) is 0. The van der Waals surface area contributed by atoms with Crippen LogP contribution in [0.25, 0.3) is 6.08 Å². The molecule has 11 heavy (non-hydrogen) atoms. The Morgan fingerprint density at radius 3 is 2.64 bits per heavy atom. The molecule has 0 nitrogen and oxygen atoms in total. The van der Waals surface area contributed by atoms with Crippen molar-refractivity contribution in [3.8, 4) is 0 Å². The van der Waals surface area contributed by atoms with Crippen LogP contribution in [0.5, 0.6) is 0 Å². The van der Waals surface area contributed by atoms with Crippen molar-refractivity contribution < 1.29 is 23.3 Å². The van der Waals surface area contributed by atoms with Crippen LogP contribution in [0.3, 0.4) is 0 Å². The van der Waals surface area contributed by atoms with Crippen LogP contribution >= 0.6 is 8.25 Å². The van der Waals surface area contributed by atoms with Gasteiger partial charge in [-0.15, -0.1) is 0 Å². The Labute approximate surface area is 83.1 Å². The Balaban J connectivity index is 2.50. The van der Waals surface area contributed by atoms with E-state index in [9.17, 15) is 0 Å². The summed E-state index contributed by atoms with van der Waals surface area (Å²) in [6, 6.07) is 10.3. The summed E-state index contributed by atoms with van der Waals surface area (Å²) in [5.41, 5.74) is 1.27. The molecule has 0 aliphatic heterocycles. The number of benzene rings is 1. The van der Waals surface area contributed by atoms with Crippen LogP contribution in [0.4, 0.5) is 0 Å². The van der Waals surface area contributed by atoms with Gasteiger partial charge in [0.2, 0.25) is 0 Å². The van der Waals surface area contributed by atoms with Gasteiger partial charge in [-0.25, -0.2) is 0 Å². The average molecular weight is 353 g/mol. The van der Waals surface area contributed by atoms with Crippen molar-refractivity contribution in [3.63, 3.8) is 0 Å². The third-order valence-electron chi connectivity index (χ3n) is 1.39. The van der Waals surface area contributed by atoms with E-state index >= 15 is 0 Å². The summed E-state index contributed by atoms with van der Waals surface area (Å²) in [5, 5.41) is 0. The molecule has 54 valence electrons. The van der Waals surface area contributed by atoms with Crippen LogP contribution in [-0.4, -0.2) is 0 Å². The molecule has 0 bridgehead atoms. The first-order valence-electron chi connectivity index (χ1n) is 3.71. The van der Waals surface area contributed by atoms with E-state index in [1.54, 1.807) is 0 Å². The number of halogens is 1. The molecule has 0 heterocycles. The molecule has 1 aromatic rings. The maximum atomic E-state index is 5.74. The number of allylic oxidation sites excluding steroid dienone is 1. The predicted octanol–water partition coefficient (Wildman–Crippen LogP) is 3.35. The van der Waals surface area contributed by atoms with Crippen LogP contribution in [0.1, 0.15) is 5.56 Å². The van der Waals surface area contributed by atoms with Gasteiger partial charge in [0, 0.05) is 0 Å². The van der Waals surface area contributed by atoms with E-state index in [0.717, 1.165) is 3.93 Å². The molecule has 0 fully saturated rings. The van der Waals surface area contributed by atoms with E-state index in [1.807, 2.05) is 18.2 Å². The van der Waals surface area contributed by atoms with E-state index in [1.165, 1.54) is 5.56 Å². The van der Waals surface area contributed by atoms with Crippen LogP contribution in [0, 0.1) is 0 Å². The van der Waals surface area contributed by atoms with Gasteiger partial charge in [-0.3, -0.25) is 0 Å². The number of rotatable bonds is 3. The van der Waals surface area contributed by atoms with Gasteiger partial charge in [-0.05, 0) is 0 Å². The van der Waals surface area contributed by atoms with Crippen LogP contribution in [-0.2, 0) is 23.3 Å². The summed E-state index contributed by atoms with van der Waals surface area (Å²) in [6.07, 6.45) is 4.33. The van der Waals surface area contributed by atoms with Gasteiger partial charge in [0.1, 0.15) is 0 Å². The normalized spacial score (nSPS) is 9.91. The summed E-state index contributed by atoms with van der Waals surface area (Å²) >= 11 is -0.925. The van der Waals surface area contributed by atoms with Gasteiger partial charge in [-0.2, -0.15) is 0 Å². The van der Waals surface area contributed by atoms with Gasteiger partial charge < -0.3 is 0 Å². The van der Waals surface area contributed by atoms with E-state index in [0.29, 0.717) is 0 Å². The Hall–Kier alpha value is 0.185. The summed E-state index contributed by atoms with van der Waals surface area (Å²) in [6.45, 7) is 0. The molecule has 0 N–H and O–H groups in total. The van der Waals surface area contributed by atoms with Gasteiger partial charge >= 0.3 is 83.6 Å². The molecule has 0 saturated heterocycles. The zero-order chi connectivity index (χ0) is 7.94. The second-order valence-corrected chi connectivity index (χ2v) is 9.32. The Morgan fingerprint density at radius 1 is 1.27 bits per heavy atom. The minimum absolute atomic E-state index is 0.925. The Kier molecular flexibility index (Phi) is 4.88. The average Bonchev–Trinajstić information content (AvgIpc) is 2.07. The molecular formula is C9H9ClHg. The molecule has 0 atom stereocenters. The van der Waals surface area contributed by atoms with Gasteiger partial charge in [0.25, 0.3) is 0 Å². The van der Waals surface area contributed by atoms with Crippen molar-refractivity contribution in [2.75, 3.05) is 0 Å². The Bertz CT molecular complexity index is 218. The third kappa shape index (κ3) is 3.93. The molecular weight excluding hydrogens is 344 g/mol. The summed E-state index contributed by atoms with van der Waals surface area (Å²) in [5.74, 6) is 0. The fourth-order valence-electron chi connectivity index (χ4n) is 0.847. The monoisotopic (exact) mass is 354 g/mol. The fourth-order valence-corrected chi connectivity index (χ4v) is 3.09. The molecule has 0 amide bonds. The standard InChI is InChI=1S/C9H9.ClH.Hg/c1-2-6-9-7-4-3-5-8-9;;/h2-8H,1H2;1H;/q;;+1/p-1. The first-order valence-corrected chi connectivity index (χ1v) is 14.4. The fraction of sp³-hybridized carbons (Fsp3) is 0.111. The number of hydrogen-bond donors (Lipinski definition) is 0. The molecule has 1 aromatic carbocycles. The van der Waals surface area contributed by atoms with Crippen molar-refractivity contribution in [3.05, 3.63) is 42.0 Å². The van der Waals surface area contributed by atoms with Gasteiger partial charge in [-0.1, -0.05) is 0 Å². The van der Waals surface area contributed by atoms with Crippen molar-refractivity contribution in [1.82, 2.24) is 0 Å². The third-order valence-corrected chi connectivity index (χ3v) is 5.44. The number of hydrogen-bond acceptors (Lipinski definition) is 0. The van der Waals surface area contributed by atoms with Crippen LogP contribution in [0.15, 0.2) is 36.4 Å². The molecule has 0 spiro atoms. The minimum atomic E-state index is -0.925. The molecule has 0 aliphatic rings.